The molecule has 0 fully saturated rings. The van der Waals surface area contributed by atoms with Crippen LogP contribution in [0, 0.1) is 11.6 Å². The van der Waals surface area contributed by atoms with E-state index in [9.17, 15) is 8.78 Å². The van der Waals surface area contributed by atoms with Crippen molar-refractivity contribution in [2.24, 2.45) is 5.73 Å². The summed E-state index contributed by atoms with van der Waals surface area (Å²) in [6.07, 6.45) is 1.82. The van der Waals surface area contributed by atoms with E-state index < -0.39 is 11.6 Å². The Labute approximate surface area is 129 Å². The Morgan fingerprint density at radius 1 is 1.10 bits per heavy atom. The molecule has 5 heteroatoms. The summed E-state index contributed by atoms with van der Waals surface area (Å²) in [5.74, 6) is -1.11. The van der Waals surface area contributed by atoms with Gasteiger partial charge in [-0.2, -0.15) is 0 Å². The second kappa shape index (κ2) is 5.58. The lowest BCUT2D eigenvalue weighted by Gasteiger charge is -2.10. The third kappa shape index (κ3) is 2.47. The van der Waals surface area contributed by atoms with Crippen LogP contribution in [-0.2, 0) is 13.1 Å². The maximum atomic E-state index is 14.1. The molecule has 2 N–H and O–H groups in total. The third-order valence-electron chi connectivity index (χ3n) is 3.59. The molecule has 3 aromatic rings. The van der Waals surface area contributed by atoms with Crippen LogP contribution in [0.4, 0.5) is 8.78 Å². The topological polar surface area (TPSA) is 30.9 Å². The number of aromatic nitrogens is 1. The van der Waals surface area contributed by atoms with E-state index in [0.717, 1.165) is 16.5 Å². The predicted octanol–water partition coefficient (Wildman–Crippen LogP) is 4.19. The van der Waals surface area contributed by atoms with Crippen LogP contribution in [0.15, 0.2) is 47.1 Å². The van der Waals surface area contributed by atoms with Crippen LogP contribution in [0.25, 0.3) is 10.9 Å². The minimum Gasteiger partial charge on any atom is -0.343 e. The zero-order chi connectivity index (χ0) is 15.0. The van der Waals surface area contributed by atoms with Crippen molar-refractivity contribution in [3.8, 4) is 0 Å². The summed E-state index contributed by atoms with van der Waals surface area (Å²) in [6.45, 7) is 0.565. The second-order valence-corrected chi connectivity index (χ2v) is 5.67. The number of fused-ring (bicyclic) bond motifs is 1. The maximum absolute atomic E-state index is 14.1. The number of nitrogens with two attached hydrogens (primary N) is 1. The van der Waals surface area contributed by atoms with Gasteiger partial charge in [-0.25, -0.2) is 8.78 Å². The Balaban J connectivity index is 2.09. The Kier molecular flexibility index (Phi) is 3.78. The van der Waals surface area contributed by atoms with Gasteiger partial charge in [0.2, 0.25) is 0 Å². The zero-order valence-electron chi connectivity index (χ0n) is 11.1. The van der Waals surface area contributed by atoms with E-state index in [0.29, 0.717) is 6.54 Å². The van der Waals surface area contributed by atoms with Gasteiger partial charge in [-0.3, -0.25) is 0 Å². The Hall–Kier alpha value is -1.72. The predicted molar refractivity (Wildman–Crippen MR) is 83.0 cm³/mol. The van der Waals surface area contributed by atoms with Gasteiger partial charge < -0.3 is 10.3 Å². The first-order chi connectivity index (χ1) is 10.1. The molecule has 0 amide bonds. The highest BCUT2D eigenvalue weighted by Gasteiger charge is 2.14. The SMILES string of the molecule is NCc1cccc2c1ccn2Cc1c(F)ccc(Br)c1F. The molecule has 108 valence electrons. The van der Waals surface area contributed by atoms with Gasteiger partial charge in [0.15, 0.2) is 0 Å². The molecule has 3 rings (SSSR count). The summed E-state index contributed by atoms with van der Waals surface area (Å²) in [5.41, 5.74) is 7.68. The van der Waals surface area contributed by atoms with Crippen LogP contribution in [0.2, 0.25) is 0 Å². The lowest BCUT2D eigenvalue weighted by atomic mass is 10.1. The monoisotopic (exact) mass is 350 g/mol. The highest BCUT2D eigenvalue weighted by Crippen LogP contribution is 2.25. The second-order valence-electron chi connectivity index (χ2n) is 4.82. The molecule has 0 saturated heterocycles. The highest BCUT2D eigenvalue weighted by atomic mass is 79.9. The van der Waals surface area contributed by atoms with Crippen molar-refractivity contribution < 1.29 is 8.78 Å². The van der Waals surface area contributed by atoms with E-state index in [2.05, 4.69) is 15.9 Å². The Bertz CT molecular complexity index is 811. The minimum absolute atomic E-state index is 0.0417. The number of rotatable bonds is 3. The van der Waals surface area contributed by atoms with Gasteiger partial charge in [0.05, 0.1) is 11.0 Å². The first-order valence-corrected chi connectivity index (χ1v) is 7.30. The van der Waals surface area contributed by atoms with Gasteiger partial charge in [-0.05, 0) is 45.8 Å². The van der Waals surface area contributed by atoms with Crippen molar-refractivity contribution in [2.45, 2.75) is 13.1 Å². The summed E-state index contributed by atoms with van der Waals surface area (Å²) in [6, 6.07) is 10.3. The Morgan fingerprint density at radius 3 is 2.67 bits per heavy atom. The van der Waals surface area contributed by atoms with Crippen LogP contribution in [0.5, 0.6) is 0 Å². The van der Waals surface area contributed by atoms with Crippen LogP contribution in [0.1, 0.15) is 11.1 Å². The molecule has 1 aromatic heterocycles. The fraction of sp³-hybridized carbons (Fsp3) is 0.125. The summed E-state index contributed by atoms with van der Waals surface area (Å²) < 4.78 is 30.0. The van der Waals surface area contributed by atoms with E-state index in [1.807, 2.05) is 35.0 Å². The third-order valence-corrected chi connectivity index (χ3v) is 4.20. The van der Waals surface area contributed by atoms with Crippen molar-refractivity contribution in [3.05, 3.63) is 69.8 Å². The summed E-state index contributed by atoms with van der Waals surface area (Å²) in [7, 11) is 0. The van der Waals surface area contributed by atoms with Gasteiger partial charge in [-0.15, -0.1) is 0 Å². The van der Waals surface area contributed by atoms with Crippen molar-refractivity contribution in [2.75, 3.05) is 0 Å². The quantitative estimate of drug-likeness (QED) is 0.705. The first kappa shape index (κ1) is 14.2. The van der Waals surface area contributed by atoms with E-state index >= 15 is 0 Å². The van der Waals surface area contributed by atoms with Crippen molar-refractivity contribution in [1.82, 2.24) is 4.57 Å². The maximum Gasteiger partial charge on any atom is 0.145 e. The normalized spacial score (nSPS) is 11.2. The molecule has 0 unspecified atom stereocenters. The van der Waals surface area contributed by atoms with E-state index in [-0.39, 0.29) is 16.6 Å². The van der Waals surface area contributed by atoms with E-state index in [4.69, 9.17) is 5.73 Å². The molecule has 0 bridgehead atoms. The molecule has 0 spiro atoms. The number of hydrogen-bond acceptors (Lipinski definition) is 1. The molecule has 0 aliphatic rings. The largest absolute Gasteiger partial charge is 0.343 e. The van der Waals surface area contributed by atoms with Crippen molar-refractivity contribution in [3.63, 3.8) is 0 Å². The molecule has 2 nitrogen and oxygen atoms in total. The summed E-state index contributed by atoms with van der Waals surface area (Å²) in [4.78, 5) is 0. The zero-order valence-corrected chi connectivity index (χ0v) is 12.7. The molecule has 0 aliphatic carbocycles. The number of benzene rings is 2. The van der Waals surface area contributed by atoms with Gasteiger partial charge in [0.1, 0.15) is 11.6 Å². The molecule has 1 heterocycles. The lowest BCUT2D eigenvalue weighted by Crippen LogP contribution is -2.04. The molecular formula is C16H13BrF2N2. The fourth-order valence-corrected chi connectivity index (χ4v) is 2.86. The van der Waals surface area contributed by atoms with E-state index in [1.165, 1.54) is 12.1 Å². The molecule has 0 aliphatic heterocycles. The van der Waals surface area contributed by atoms with Gasteiger partial charge in [0.25, 0.3) is 0 Å². The Morgan fingerprint density at radius 2 is 1.90 bits per heavy atom. The van der Waals surface area contributed by atoms with Crippen LogP contribution in [0.3, 0.4) is 0 Å². The molecule has 0 radical (unpaired) electrons. The smallest absolute Gasteiger partial charge is 0.145 e. The molecule has 0 saturated carbocycles. The number of nitrogens with zero attached hydrogens (tertiary/aromatic N) is 1. The molecule has 0 atom stereocenters. The molecule has 2 aromatic carbocycles. The minimum atomic E-state index is -0.563. The van der Waals surface area contributed by atoms with Gasteiger partial charge in [-0.1, -0.05) is 12.1 Å². The summed E-state index contributed by atoms with van der Waals surface area (Å²) >= 11 is 3.09. The average Bonchev–Trinajstić information content (AvgIpc) is 2.90. The average molecular weight is 351 g/mol. The van der Waals surface area contributed by atoms with Gasteiger partial charge >= 0.3 is 0 Å². The van der Waals surface area contributed by atoms with Crippen LogP contribution >= 0.6 is 15.9 Å². The standard InChI is InChI=1S/C16H13BrF2N2/c17-13-4-5-14(18)12(16(13)19)9-21-7-6-11-10(8-20)2-1-3-15(11)21/h1-7H,8-9,20H2. The van der Waals surface area contributed by atoms with Crippen molar-refractivity contribution >= 4 is 26.8 Å². The van der Waals surface area contributed by atoms with Gasteiger partial charge in [0, 0.05) is 29.2 Å². The number of hydrogen-bond donors (Lipinski definition) is 1. The fourth-order valence-electron chi connectivity index (χ4n) is 2.49. The van der Waals surface area contributed by atoms with Crippen molar-refractivity contribution in [1.29, 1.82) is 0 Å². The van der Waals surface area contributed by atoms with Crippen LogP contribution in [-0.4, -0.2) is 4.57 Å². The molecule has 21 heavy (non-hydrogen) atoms. The molecular weight excluding hydrogens is 338 g/mol. The lowest BCUT2D eigenvalue weighted by molar-refractivity contribution is 0.543. The first-order valence-electron chi connectivity index (χ1n) is 6.51. The van der Waals surface area contributed by atoms with E-state index in [1.54, 1.807) is 0 Å². The highest BCUT2D eigenvalue weighted by molar-refractivity contribution is 9.10. The number of halogens is 3. The summed E-state index contributed by atoms with van der Waals surface area (Å²) in [5, 5.41) is 1.01. The van der Waals surface area contributed by atoms with Crippen LogP contribution < -0.4 is 5.73 Å².